The van der Waals surface area contributed by atoms with Gasteiger partial charge in [0.25, 0.3) is 0 Å². The Bertz CT molecular complexity index is 963. The predicted octanol–water partition coefficient (Wildman–Crippen LogP) is 2.49. The van der Waals surface area contributed by atoms with E-state index in [0.29, 0.717) is 5.82 Å². The summed E-state index contributed by atoms with van der Waals surface area (Å²) in [5.74, 6) is 0.463. The normalized spacial score (nSPS) is 11.8. The van der Waals surface area contributed by atoms with E-state index in [-0.39, 0.29) is 4.90 Å². The molecule has 124 valence electrons. The summed E-state index contributed by atoms with van der Waals surface area (Å²) in [5, 5.41) is 4.47. The van der Waals surface area contributed by atoms with E-state index in [9.17, 15) is 8.42 Å². The monoisotopic (exact) mass is 342 g/mol. The van der Waals surface area contributed by atoms with Crippen LogP contribution in [0, 0.1) is 6.92 Å². The molecule has 0 amide bonds. The summed E-state index contributed by atoms with van der Waals surface area (Å²) in [6.45, 7) is 1.89. The van der Waals surface area contributed by atoms with Crippen molar-refractivity contribution in [3.05, 3.63) is 60.4 Å². The van der Waals surface area contributed by atoms with Crippen molar-refractivity contribution in [1.29, 1.82) is 0 Å². The minimum Gasteiger partial charge on any atom is -0.237 e. The average Bonchev–Trinajstić information content (AvgIpc) is 2.97. The number of hydrogen-bond donors (Lipinski definition) is 0. The summed E-state index contributed by atoms with van der Waals surface area (Å²) in [4.78, 5) is 4.48. The van der Waals surface area contributed by atoms with Crippen molar-refractivity contribution in [2.24, 2.45) is 0 Å². The zero-order valence-corrected chi connectivity index (χ0v) is 14.5. The zero-order valence-electron chi connectivity index (χ0n) is 13.7. The van der Waals surface area contributed by atoms with Gasteiger partial charge in [-0.2, -0.15) is 5.10 Å². The van der Waals surface area contributed by atoms with E-state index in [1.54, 1.807) is 4.68 Å². The highest BCUT2D eigenvalue weighted by atomic mass is 32.2. The summed E-state index contributed by atoms with van der Waals surface area (Å²) in [5.41, 5.74) is 2.68. The van der Waals surface area contributed by atoms with Crippen molar-refractivity contribution >= 4 is 10.0 Å². The average molecular weight is 342 g/mol. The third kappa shape index (κ3) is 2.95. The first-order valence-corrected chi connectivity index (χ1v) is 8.84. The van der Waals surface area contributed by atoms with Crippen molar-refractivity contribution < 1.29 is 8.42 Å². The Balaban J connectivity index is 2.15. The summed E-state index contributed by atoms with van der Waals surface area (Å²) in [6.07, 6.45) is 1.48. The summed E-state index contributed by atoms with van der Waals surface area (Å²) in [7, 11) is -0.520. The molecular weight excluding hydrogens is 324 g/mol. The number of aromatic nitrogens is 3. The van der Waals surface area contributed by atoms with Crippen LogP contribution < -0.4 is 0 Å². The molecule has 0 saturated heterocycles. The smallest absolute Gasteiger partial charge is 0.237 e. The molecule has 0 aliphatic rings. The summed E-state index contributed by atoms with van der Waals surface area (Å²) in [6, 6.07) is 14.8. The fourth-order valence-corrected chi connectivity index (χ4v) is 3.28. The Morgan fingerprint density at radius 1 is 1.04 bits per heavy atom. The lowest BCUT2D eigenvalue weighted by Crippen LogP contribution is -2.22. The first-order valence-electron chi connectivity index (χ1n) is 7.40. The third-order valence-electron chi connectivity index (χ3n) is 3.61. The van der Waals surface area contributed by atoms with Gasteiger partial charge in [-0.05, 0) is 19.1 Å². The second-order valence-electron chi connectivity index (χ2n) is 5.59. The number of aryl methyl sites for hydroxylation is 1. The van der Waals surface area contributed by atoms with Crippen LogP contribution in [0.4, 0.5) is 0 Å². The van der Waals surface area contributed by atoms with E-state index in [0.717, 1.165) is 17.0 Å². The van der Waals surface area contributed by atoms with Crippen molar-refractivity contribution in [1.82, 2.24) is 19.1 Å². The van der Waals surface area contributed by atoms with Crippen LogP contribution in [0.25, 0.3) is 17.1 Å². The molecule has 0 atom stereocenters. The first kappa shape index (κ1) is 16.4. The molecule has 7 heteroatoms. The lowest BCUT2D eigenvalue weighted by Gasteiger charge is -2.12. The maximum absolute atomic E-state index is 12.3. The van der Waals surface area contributed by atoms with E-state index < -0.39 is 10.0 Å². The van der Waals surface area contributed by atoms with E-state index in [1.165, 1.54) is 36.7 Å². The van der Waals surface area contributed by atoms with Crippen LogP contribution in [0.1, 0.15) is 5.69 Å². The summed E-state index contributed by atoms with van der Waals surface area (Å²) < 4.78 is 27.5. The highest BCUT2D eigenvalue weighted by Gasteiger charge is 2.19. The Morgan fingerprint density at radius 2 is 1.75 bits per heavy atom. The van der Waals surface area contributed by atoms with Crippen molar-refractivity contribution in [3.63, 3.8) is 0 Å². The molecule has 1 aromatic carbocycles. The molecule has 0 saturated carbocycles. The van der Waals surface area contributed by atoms with Crippen molar-refractivity contribution in [3.8, 4) is 17.1 Å². The molecule has 2 aromatic heterocycles. The molecule has 3 aromatic rings. The SMILES string of the molecule is Cc1cc(-c2ccccc2)n(-c2cc(S(=O)(=O)N(C)C)ccn2)n1. The highest BCUT2D eigenvalue weighted by Crippen LogP contribution is 2.24. The van der Waals surface area contributed by atoms with Gasteiger partial charge < -0.3 is 0 Å². The molecule has 0 bridgehead atoms. The molecule has 0 aliphatic carbocycles. The molecule has 0 fully saturated rings. The molecule has 24 heavy (non-hydrogen) atoms. The molecule has 0 radical (unpaired) electrons. The minimum atomic E-state index is -3.53. The number of benzene rings is 1. The number of pyridine rings is 1. The maximum Gasteiger partial charge on any atom is 0.242 e. The molecule has 3 rings (SSSR count). The van der Waals surface area contributed by atoms with Crippen LogP contribution in [-0.4, -0.2) is 41.6 Å². The molecule has 0 aliphatic heterocycles. The third-order valence-corrected chi connectivity index (χ3v) is 5.42. The number of rotatable bonds is 4. The van der Waals surface area contributed by atoms with Crippen LogP contribution in [0.5, 0.6) is 0 Å². The molecule has 6 nitrogen and oxygen atoms in total. The Morgan fingerprint density at radius 3 is 2.42 bits per heavy atom. The van der Waals surface area contributed by atoms with E-state index in [1.807, 2.05) is 43.3 Å². The van der Waals surface area contributed by atoms with Gasteiger partial charge in [-0.15, -0.1) is 0 Å². The van der Waals surface area contributed by atoms with Gasteiger partial charge in [0.15, 0.2) is 5.82 Å². The number of sulfonamides is 1. The largest absolute Gasteiger partial charge is 0.242 e. The standard InChI is InChI=1S/C17H18N4O2S/c1-13-11-16(14-7-5-4-6-8-14)21(19-13)17-12-15(9-10-18-17)24(22,23)20(2)3/h4-12H,1-3H3. The van der Waals surface area contributed by atoms with Gasteiger partial charge in [0.05, 0.1) is 16.3 Å². The van der Waals surface area contributed by atoms with Crippen molar-refractivity contribution in [2.45, 2.75) is 11.8 Å². The second kappa shape index (κ2) is 6.18. The van der Waals surface area contributed by atoms with Crippen LogP contribution in [0.3, 0.4) is 0 Å². The molecular formula is C17H18N4O2S. The first-order chi connectivity index (χ1) is 11.4. The van der Waals surface area contributed by atoms with Gasteiger partial charge in [0.2, 0.25) is 10.0 Å². The highest BCUT2D eigenvalue weighted by molar-refractivity contribution is 7.89. The molecule has 0 N–H and O–H groups in total. The topological polar surface area (TPSA) is 68.1 Å². The van der Waals surface area contributed by atoms with Crippen LogP contribution in [-0.2, 0) is 10.0 Å². The zero-order chi connectivity index (χ0) is 17.3. The summed E-state index contributed by atoms with van der Waals surface area (Å²) >= 11 is 0. The Kier molecular flexibility index (Phi) is 4.21. The maximum atomic E-state index is 12.3. The Labute approximate surface area is 141 Å². The number of hydrogen-bond acceptors (Lipinski definition) is 4. The van der Waals surface area contributed by atoms with Gasteiger partial charge in [-0.25, -0.2) is 22.4 Å². The quantitative estimate of drug-likeness (QED) is 0.730. The van der Waals surface area contributed by atoms with Crippen molar-refractivity contribution in [2.75, 3.05) is 14.1 Å². The van der Waals surface area contributed by atoms with E-state index >= 15 is 0 Å². The lowest BCUT2D eigenvalue weighted by molar-refractivity contribution is 0.520. The Hall–Kier alpha value is -2.51. The fraction of sp³-hybridized carbons (Fsp3) is 0.176. The van der Waals surface area contributed by atoms with Crippen LogP contribution in [0.15, 0.2) is 59.6 Å². The van der Waals surface area contributed by atoms with E-state index in [4.69, 9.17) is 0 Å². The van der Waals surface area contributed by atoms with E-state index in [2.05, 4.69) is 10.1 Å². The molecule has 2 heterocycles. The van der Waals surface area contributed by atoms with Crippen LogP contribution in [0.2, 0.25) is 0 Å². The predicted molar refractivity (Wildman–Crippen MR) is 92.4 cm³/mol. The second-order valence-corrected chi connectivity index (χ2v) is 7.74. The molecule has 0 spiro atoms. The lowest BCUT2D eigenvalue weighted by atomic mass is 10.1. The van der Waals surface area contributed by atoms with Crippen LogP contribution >= 0.6 is 0 Å². The van der Waals surface area contributed by atoms with Gasteiger partial charge in [-0.3, -0.25) is 0 Å². The van der Waals surface area contributed by atoms with Gasteiger partial charge in [-0.1, -0.05) is 30.3 Å². The number of nitrogens with zero attached hydrogens (tertiary/aromatic N) is 4. The van der Waals surface area contributed by atoms with Gasteiger partial charge >= 0.3 is 0 Å². The van der Waals surface area contributed by atoms with Gasteiger partial charge in [0.1, 0.15) is 0 Å². The fourth-order valence-electron chi connectivity index (χ4n) is 2.38. The van der Waals surface area contributed by atoms with Gasteiger partial charge in [0, 0.05) is 31.9 Å². The minimum absolute atomic E-state index is 0.185. The molecule has 0 unspecified atom stereocenters.